The summed E-state index contributed by atoms with van der Waals surface area (Å²) in [6.45, 7) is 0.112. The van der Waals surface area contributed by atoms with Crippen molar-refractivity contribution in [2.75, 3.05) is 12.0 Å². The molecule has 0 N–H and O–H groups in total. The Morgan fingerprint density at radius 1 is 0.892 bits per heavy atom. The highest BCUT2D eigenvalue weighted by molar-refractivity contribution is 7.15. The minimum absolute atomic E-state index is 0.112. The summed E-state index contributed by atoms with van der Waals surface area (Å²) < 4.78 is 17.4. The molecule has 1 aromatic heterocycles. The number of halogens is 4. The molecule has 0 saturated carbocycles. The molecule has 0 aliphatic carbocycles. The smallest absolute Gasteiger partial charge is 0.273 e. The number of aromatic nitrogens is 2. The van der Waals surface area contributed by atoms with Crippen molar-refractivity contribution < 1.29 is 19.0 Å². The van der Waals surface area contributed by atoms with Crippen molar-refractivity contribution in [3.63, 3.8) is 0 Å². The SMILES string of the molecule is COc1ccccc1C1C(Oc2ccc(Cl)cc2Cl)C(=O)N1c1nnc(COc2ccc(Cl)cc2Cl)s1. The van der Waals surface area contributed by atoms with E-state index in [1.54, 1.807) is 43.5 Å². The molecule has 3 aromatic carbocycles. The van der Waals surface area contributed by atoms with Gasteiger partial charge in [0.15, 0.2) is 5.01 Å². The van der Waals surface area contributed by atoms with E-state index < -0.39 is 12.1 Å². The minimum atomic E-state index is -0.869. The number of anilines is 1. The Bertz CT molecular complexity index is 1470. The third-order valence-corrected chi connectivity index (χ3v) is 7.52. The quantitative estimate of drug-likeness (QED) is 0.199. The van der Waals surface area contributed by atoms with Crippen molar-refractivity contribution in [3.05, 3.63) is 91.3 Å². The molecule has 2 heterocycles. The molecular formula is C25H17Cl4N3O4S. The van der Waals surface area contributed by atoms with Crippen LogP contribution in [0.4, 0.5) is 5.13 Å². The van der Waals surface area contributed by atoms with Crippen LogP contribution in [0.1, 0.15) is 16.6 Å². The molecular weight excluding hydrogens is 580 g/mol. The Morgan fingerprint density at radius 3 is 2.24 bits per heavy atom. The summed E-state index contributed by atoms with van der Waals surface area (Å²) in [6.07, 6.45) is -0.869. The maximum absolute atomic E-state index is 13.4. The second-order valence-corrected chi connectivity index (χ2v) is 10.6. The van der Waals surface area contributed by atoms with Crippen LogP contribution in [0.3, 0.4) is 0 Å². The number of β-lactam (4-membered cyclic amide) rings is 1. The number of methoxy groups -OCH3 is 1. The summed E-state index contributed by atoms with van der Waals surface area (Å²) in [5.74, 6) is 1.11. The Labute approximate surface area is 236 Å². The second-order valence-electron chi connectivity index (χ2n) is 7.85. The number of rotatable bonds is 8. The molecule has 0 radical (unpaired) electrons. The number of hydrogen-bond acceptors (Lipinski definition) is 7. The van der Waals surface area contributed by atoms with Gasteiger partial charge in [0.05, 0.1) is 17.2 Å². The average molecular weight is 597 g/mol. The van der Waals surface area contributed by atoms with Gasteiger partial charge in [-0.15, -0.1) is 10.2 Å². The van der Waals surface area contributed by atoms with Crippen LogP contribution in [0, 0.1) is 0 Å². The fourth-order valence-corrected chi connectivity index (χ4v) is 5.55. The van der Waals surface area contributed by atoms with E-state index in [9.17, 15) is 4.79 Å². The Balaban J connectivity index is 1.41. The molecule has 1 aliphatic heterocycles. The number of hydrogen-bond donors (Lipinski definition) is 0. The third kappa shape index (κ3) is 5.30. The molecule has 1 amide bonds. The number of nitrogens with zero attached hydrogens (tertiary/aromatic N) is 3. The number of para-hydroxylation sites is 1. The van der Waals surface area contributed by atoms with Gasteiger partial charge in [-0.3, -0.25) is 9.69 Å². The minimum Gasteiger partial charge on any atom is -0.496 e. The normalized spacial score (nSPS) is 16.9. The lowest BCUT2D eigenvalue weighted by molar-refractivity contribution is -0.135. The number of benzene rings is 3. The molecule has 0 bridgehead atoms. The summed E-state index contributed by atoms with van der Waals surface area (Å²) in [6, 6.07) is 16.6. The van der Waals surface area contributed by atoms with Crippen LogP contribution >= 0.6 is 57.7 Å². The average Bonchev–Trinajstić information content (AvgIpc) is 3.34. The van der Waals surface area contributed by atoms with Crippen LogP contribution < -0.4 is 19.1 Å². The van der Waals surface area contributed by atoms with E-state index in [1.165, 1.54) is 16.2 Å². The van der Waals surface area contributed by atoms with Crippen molar-refractivity contribution in [1.29, 1.82) is 0 Å². The monoisotopic (exact) mass is 595 g/mol. The Kier molecular flexibility index (Phi) is 7.65. The molecule has 12 heteroatoms. The molecule has 190 valence electrons. The van der Waals surface area contributed by atoms with Crippen molar-refractivity contribution in [1.82, 2.24) is 10.2 Å². The zero-order valence-corrected chi connectivity index (χ0v) is 22.9. The van der Waals surface area contributed by atoms with E-state index >= 15 is 0 Å². The number of ether oxygens (including phenoxy) is 3. The van der Waals surface area contributed by atoms with Gasteiger partial charge in [0.25, 0.3) is 5.91 Å². The maximum atomic E-state index is 13.4. The number of amides is 1. The Morgan fingerprint density at radius 2 is 1.57 bits per heavy atom. The predicted octanol–water partition coefficient (Wildman–Crippen LogP) is 7.27. The fourth-order valence-electron chi connectivity index (χ4n) is 3.84. The molecule has 4 aromatic rings. The van der Waals surface area contributed by atoms with Crippen molar-refractivity contribution in [2.45, 2.75) is 18.8 Å². The van der Waals surface area contributed by atoms with E-state index in [0.717, 1.165) is 5.56 Å². The lowest BCUT2D eigenvalue weighted by Crippen LogP contribution is -2.61. The molecule has 7 nitrogen and oxygen atoms in total. The number of carbonyl (C=O) groups excluding carboxylic acids is 1. The topological polar surface area (TPSA) is 73.8 Å². The van der Waals surface area contributed by atoms with Crippen molar-refractivity contribution in [2.24, 2.45) is 0 Å². The van der Waals surface area contributed by atoms with Gasteiger partial charge >= 0.3 is 0 Å². The van der Waals surface area contributed by atoms with Crippen LogP contribution in [0.25, 0.3) is 0 Å². The van der Waals surface area contributed by atoms with Gasteiger partial charge in [0.2, 0.25) is 11.2 Å². The molecule has 1 fully saturated rings. The van der Waals surface area contributed by atoms with Gasteiger partial charge in [-0.1, -0.05) is 75.9 Å². The predicted molar refractivity (Wildman–Crippen MR) is 145 cm³/mol. The fraction of sp³-hybridized carbons (Fsp3) is 0.160. The largest absolute Gasteiger partial charge is 0.496 e. The zero-order valence-electron chi connectivity index (χ0n) is 19.0. The molecule has 2 unspecified atom stereocenters. The zero-order chi connectivity index (χ0) is 26.1. The summed E-state index contributed by atoms with van der Waals surface area (Å²) in [4.78, 5) is 14.9. The summed E-state index contributed by atoms with van der Waals surface area (Å²) in [5, 5.41) is 11.0. The van der Waals surface area contributed by atoms with Gasteiger partial charge in [-0.25, -0.2) is 0 Å². The van der Waals surface area contributed by atoms with Crippen LogP contribution in [-0.2, 0) is 11.4 Å². The lowest BCUT2D eigenvalue weighted by Gasteiger charge is -2.45. The third-order valence-electron chi connectivity index (χ3n) is 5.56. The molecule has 1 saturated heterocycles. The first-order valence-electron chi connectivity index (χ1n) is 10.8. The van der Waals surface area contributed by atoms with Crippen molar-refractivity contribution >= 4 is 68.8 Å². The van der Waals surface area contributed by atoms with E-state index in [2.05, 4.69) is 10.2 Å². The van der Waals surface area contributed by atoms with E-state index in [4.69, 9.17) is 60.6 Å². The maximum Gasteiger partial charge on any atom is 0.273 e. The van der Waals surface area contributed by atoms with Crippen LogP contribution in [0.15, 0.2) is 60.7 Å². The first kappa shape index (κ1) is 25.9. The lowest BCUT2D eigenvalue weighted by atomic mass is 9.90. The highest BCUT2D eigenvalue weighted by Crippen LogP contribution is 2.46. The van der Waals surface area contributed by atoms with E-state index in [-0.39, 0.29) is 12.5 Å². The molecule has 5 rings (SSSR count). The Hall–Kier alpha value is -2.75. The first-order chi connectivity index (χ1) is 17.9. The van der Waals surface area contributed by atoms with Gasteiger partial charge in [0.1, 0.15) is 29.9 Å². The van der Waals surface area contributed by atoms with Crippen molar-refractivity contribution in [3.8, 4) is 17.2 Å². The molecule has 2 atom stereocenters. The van der Waals surface area contributed by atoms with Gasteiger partial charge in [0, 0.05) is 15.6 Å². The van der Waals surface area contributed by atoms with Crippen LogP contribution in [-0.4, -0.2) is 29.3 Å². The second kappa shape index (κ2) is 10.9. The highest BCUT2D eigenvalue weighted by Gasteiger charge is 2.53. The van der Waals surface area contributed by atoms with Gasteiger partial charge in [-0.2, -0.15) is 0 Å². The van der Waals surface area contributed by atoms with Gasteiger partial charge in [-0.05, 0) is 42.5 Å². The molecule has 37 heavy (non-hydrogen) atoms. The summed E-state index contributed by atoms with van der Waals surface area (Å²) in [5.41, 5.74) is 0.751. The van der Waals surface area contributed by atoms with E-state index in [1.807, 2.05) is 24.3 Å². The highest BCUT2D eigenvalue weighted by atomic mass is 35.5. The summed E-state index contributed by atoms with van der Waals surface area (Å²) >= 11 is 25.7. The van der Waals surface area contributed by atoms with Crippen LogP contribution in [0.5, 0.6) is 17.2 Å². The first-order valence-corrected chi connectivity index (χ1v) is 13.2. The van der Waals surface area contributed by atoms with Crippen LogP contribution in [0.2, 0.25) is 20.1 Å². The molecule has 0 spiro atoms. The van der Waals surface area contributed by atoms with Gasteiger partial charge < -0.3 is 14.2 Å². The standard InChI is InChI=1S/C25H17Cl4N3O4S/c1-34-18-5-3-2-4-15(18)22-23(36-20-9-7-14(27)11-17(20)29)24(33)32(22)25-31-30-21(37-25)12-35-19-8-6-13(26)10-16(19)28/h2-11,22-23H,12H2,1H3. The van der Waals surface area contributed by atoms with E-state index in [0.29, 0.717) is 47.5 Å². The summed E-state index contributed by atoms with van der Waals surface area (Å²) in [7, 11) is 1.57. The number of carbonyl (C=O) groups is 1. The molecule has 1 aliphatic rings.